The predicted molar refractivity (Wildman–Crippen MR) is 86.8 cm³/mol. The summed E-state index contributed by atoms with van der Waals surface area (Å²) in [7, 11) is 0. The van der Waals surface area contributed by atoms with Gasteiger partial charge in [0.15, 0.2) is 0 Å². The minimum atomic E-state index is -0.190. The Morgan fingerprint density at radius 1 is 1.19 bits per heavy atom. The highest BCUT2D eigenvalue weighted by molar-refractivity contribution is 7.09. The summed E-state index contributed by atoms with van der Waals surface area (Å²) >= 11 is 1.46. The van der Waals surface area contributed by atoms with Crippen LogP contribution in [0.15, 0.2) is 47.8 Å². The fourth-order valence-electron chi connectivity index (χ4n) is 2.12. The average Bonchev–Trinajstić information content (AvgIpc) is 2.96. The number of amides is 1. The standard InChI is InChI=1S/C16H15N3OS/c17-8-7-15-19-14(10-21-15)16(20)18-13-6-5-11-3-1-2-4-12(11)9-13/h1-6,9-10H,7-8,17H2,(H,18,20). The minimum absolute atomic E-state index is 0.190. The zero-order valence-corrected chi connectivity index (χ0v) is 12.2. The van der Waals surface area contributed by atoms with Crippen LogP contribution >= 0.6 is 11.3 Å². The van der Waals surface area contributed by atoms with Gasteiger partial charge in [0.25, 0.3) is 5.91 Å². The summed E-state index contributed by atoms with van der Waals surface area (Å²) in [5.41, 5.74) is 6.70. The summed E-state index contributed by atoms with van der Waals surface area (Å²) in [4.78, 5) is 16.5. The van der Waals surface area contributed by atoms with Crippen molar-refractivity contribution in [1.29, 1.82) is 0 Å². The lowest BCUT2D eigenvalue weighted by molar-refractivity contribution is 0.102. The van der Waals surface area contributed by atoms with E-state index in [0.29, 0.717) is 18.7 Å². The Labute approximate surface area is 126 Å². The molecule has 0 unspecified atom stereocenters. The van der Waals surface area contributed by atoms with Gasteiger partial charge in [-0.2, -0.15) is 0 Å². The van der Waals surface area contributed by atoms with Gasteiger partial charge in [-0.1, -0.05) is 30.3 Å². The summed E-state index contributed by atoms with van der Waals surface area (Å²) in [6, 6.07) is 13.9. The Balaban J connectivity index is 1.78. The smallest absolute Gasteiger partial charge is 0.275 e. The molecular formula is C16H15N3OS. The van der Waals surface area contributed by atoms with E-state index in [1.165, 1.54) is 11.3 Å². The Morgan fingerprint density at radius 2 is 2.00 bits per heavy atom. The van der Waals surface area contributed by atoms with E-state index in [1.54, 1.807) is 5.38 Å². The van der Waals surface area contributed by atoms with Crippen LogP contribution in [0, 0.1) is 0 Å². The Morgan fingerprint density at radius 3 is 2.81 bits per heavy atom. The molecule has 3 rings (SSSR count). The van der Waals surface area contributed by atoms with Crippen molar-refractivity contribution in [1.82, 2.24) is 4.98 Å². The van der Waals surface area contributed by atoms with E-state index >= 15 is 0 Å². The zero-order valence-electron chi connectivity index (χ0n) is 11.4. The van der Waals surface area contributed by atoms with Gasteiger partial charge in [-0.15, -0.1) is 11.3 Å². The predicted octanol–water partition coefficient (Wildman–Crippen LogP) is 3.05. The molecule has 2 aromatic carbocycles. The average molecular weight is 297 g/mol. The van der Waals surface area contributed by atoms with Crippen molar-refractivity contribution in [3.63, 3.8) is 0 Å². The molecular weight excluding hydrogens is 282 g/mol. The molecule has 0 saturated heterocycles. The summed E-state index contributed by atoms with van der Waals surface area (Å²) in [5, 5.41) is 7.78. The fourth-order valence-corrected chi connectivity index (χ4v) is 2.91. The van der Waals surface area contributed by atoms with Gasteiger partial charge in [0.05, 0.1) is 5.01 Å². The highest BCUT2D eigenvalue weighted by Gasteiger charge is 2.10. The molecule has 0 fully saturated rings. The number of hydrogen-bond acceptors (Lipinski definition) is 4. The number of nitrogens with zero attached hydrogens (tertiary/aromatic N) is 1. The largest absolute Gasteiger partial charge is 0.330 e. The molecule has 0 aliphatic carbocycles. The Kier molecular flexibility index (Phi) is 3.94. The van der Waals surface area contributed by atoms with Crippen molar-refractivity contribution >= 4 is 33.7 Å². The fraction of sp³-hybridized carbons (Fsp3) is 0.125. The summed E-state index contributed by atoms with van der Waals surface area (Å²) in [6.45, 7) is 0.541. The maximum atomic E-state index is 12.2. The number of thiazole rings is 1. The number of carbonyl (C=O) groups is 1. The lowest BCUT2D eigenvalue weighted by atomic mass is 10.1. The molecule has 1 heterocycles. The van der Waals surface area contributed by atoms with Gasteiger partial charge >= 0.3 is 0 Å². The van der Waals surface area contributed by atoms with E-state index in [2.05, 4.69) is 10.3 Å². The zero-order chi connectivity index (χ0) is 14.7. The Hall–Kier alpha value is -2.24. The molecule has 106 valence electrons. The number of fused-ring (bicyclic) bond motifs is 1. The molecule has 0 radical (unpaired) electrons. The molecule has 3 aromatic rings. The van der Waals surface area contributed by atoms with E-state index in [0.717, 1.165) is 21.5 Å². The van der Waals surface area contributed by atoms with Crippen LogP contribution in [-0.2, 0) is 6.42 Å². The summed E-state index contributed by atoms with van der Waals surface area (Å²) in [6.07, 6.45) is 0.702. The number of hydrogen-bond donors (Lipinski definition) is 2. The van der Waals surface area contributed by atoms with Crippen molar-refractivity contribution in [3.05, 3.63) is 58.5 Å². The molecule has 0 spiro atoms. The number of nitrogens with two attached hydrogens (primary N) is 1. The number of benzene rings is 2. The number of rotatable bonds is 4. The van der Waals surface area contributed by atoms with E-state index < -0.39 is 0 Å². The third kappa shape index (κ3) is 3.09. The molecule has 5 heteroatoms. The third-order valence-corrected chi connectivity index (χ3v) is 4.06. The maximum absolute atomic E-state index is 12.2. The molecule has 4 nitrogen and oxygen atoms in total. The first-order valence-electron chi connectivity index (χ1n) is 6.71. The van der Waals surface area contributed by atoms with E-state index in [1.807, 2.05) is 42.5 Å². The summed E-state index contributed by atoms with van der Waals surface area (Å²) < 4.78 is 0. The van der Waals surface area contributed by atoms with E-state index in [-0.39, 0.29) is 5.91 Å². The first kappa shape index (κ1) is 13.7. The highest BCUT2D eigenvalue weighted by Crippen LogP contribution is 2.19. The van der Waals surface area contributed by atoms with Gasteiger partial charge in [-0.3, -0.25) is 4.79 Å². The van der Waals surface area contributed by atoms with Gasteiger partial charge in [-0.05, 0) is 29.4 Å². The second kappa shape index (κ2) is 6.03. The molecule has 1 amide bonds. The van der Waals surface area contributed by atoms with Crippen LogP contribution in [0.2, 0.25) is 0 Å². The topological polar surface area (TPSA) is 68.0 Å². The van der Waals surface area contributed by atoms with Crippen molar-refractivity contribution < 1.29 is 4.79 Å². The monoisotopic (exact) mass is 297 g/mol. The van der Waals surface area contributed by atoms with Crippen LogP contribution in [-0.4, -0.2) is 17.4 Å². The molecule has 21 heavy (non-hydrogen) atoms. The molecule has 1 aromatic heterocycles. The number of nitrogens with one attached hydrogen (secondary N) is 1. The third-order valence-electron chi connectivity index (χ3n) is 3.15. The van der Waals surface area contributed by atoms with Crippen LogP contribution in [0.25, 0.3) is 10.8 Å². The Bertz CT molecular complexity index is 782. The first-order valence-corrected chi connectivity index (χ1v) is 7.59. The second-order valence-electron chi connectivity index (χ2n) is 4.68. The van der Waals surface area contributed by atoms with Crippen LogP contribution < -0.4 is 11.1 Å². The van der Waals surface area contributed by atoms with Crippen LogP contribution in [0.4, 0.5) is 5.69 Å². The van der Waals surface area contributed by atoms with Gasteiger partial charge in [-0.25, -0.2) is 4.98 Å². The van der Waals surface area contributed by atoms with E-state index in [4.69, 9.17) is 5.73 Å². The van der Waals surface area contributed by atoms with Crippen molar-refractivity contribution in [2.75, 3.05) is 11.9 Å². The molecule has 0 bridgehead atoms. The normalized spacial score (nSPS) is 10.7. The SMILES string of the molecule is NCCc1nc(C(=O)Nc2ccc3ccccc3c2)cs1. The second-order valence-corrected chi connectivity index (χ2v) is 5.62. The van der Waals surface area contributed by atoms with E-state index in [9.17, 15) is 4.79 Å². The number of anilines is 1. The maximum Gasteiger partial charge on any atom is 0.275 e. The molecule has 0 aliphatic heterocycles. The number of carbonyl (C=O) groups excluding carboxylic acids is 1. The van der Waals surface area contributed by atoms with Crippen LogP contribution in [0.5, 0.6) is 0 Å². The molecule has 0 aliphatic rings. The van der Waals surface area contributed by atoms with Gasteiger partial charge in [0, 0.05) is 17.5 Å². The first-order chi connectivity index (χ1) is 10.3. The molecule has 3 N–H and O–H groups in total. The number of aromatic nitrogens is 1. The van der Waals surface area contributed by atoms with Crippen LogP contribution in [0.3, 0.4) is 0 Å². The van der Waals surface area contributed by atoms with Gasteiger partial charge in [0.2, 0.25) is 0 Å². The summed E-state index contributed by atoms with van der Waals surface area (Å²) in [5.74, 6) is -0.190. The lowest BCUT2D eigenvalue weighted by Crippen LogP contribution is -2.12. The molecule has 0 saturated carbocycles. The quantitative estimate of drug-likeness (QED) is 0.777. The van der Waals surface area contributed by atoms with Gasteiger partial charge in [0.1, 0.15) is 5.69 Å². The van der Waals surface area contributed by atoms with Crippen molar-refractivity contribution in [3.8, 4) is 0 Å². The van der Waals surface area contributed by atoms with Crippen molar-refractivity contribution in [2.45, 2.75) is 6.42 Å². The lowest BCUT2D eigenvalue weighted by Gasteiger charge is -2.05. The minimum Gasteiger partial charge on any atom is -0.330 e. The highest BCUT2D eigenvalue weighted by atomic mass is 32.1. The van der Waals surface area contributed by atoms with Gasteiger partial charge < -0.3 is 11.1 Å². The van der Waals surface area contributed by atoms with Crippen LogP contribution in [0.1, 0.15) is 15.5 Å². The van der Waals surface area contributed by atoms with Crippen molar-refractivity contribution in [2.24, 2.45) is 5.73 Å². The molecule has 0 atom stereocenters.